The van der Waals surface area contributed by atoms with Crippen LogP contribution in [0.2, 0.25) is 0 Å². The van der Waals surface area contributed by atoms with Crippen molar-refractivity contribution < 1.29 is 14.3 Å². The molecule has 1 amide bonds. The number of hydrogen-bond acceptors (Lipinski definition) is 3. The van der Waals surface area contributed by atoms with Gasteiger partial charge in [-0.3, -0.25) is 4.79 Å². The molecule has 1 atom stereocenters. The molecule has 0 radical (unpaired) electrons. The number of methoxy groups -OCH3 is 1. The van der Waals surface area contributed by atoms with Crippen LogP contribution in [0.25, 0.3) is 0 Å². The number of esters is 1. The van der Waals surface area contributed by atoms with E-state index in [0.29, 0.717) is 12.1 Å². The topological polar surface area (TPSA) is 46.6 Å². The summed E-state index contributed by atoms with van der Waals surface area (Å²) in [6.45, 7) is 2.69. The van der Waals surface area contributed by atoms with Crippen LogP contribution >= 0.6 is 0 Å². The molecule has 124 valence electrons. The van der Waals surface area contributed by atoms with Crippen molar-refractivity contribution in [2.75, 3.05) is 18.6 Å². The van der Waals surface area contributed by atoms with Gasteiger partial charge < -0.3 is 9.64 Å². The molecule has 0 aromatic heterocycles. The van der Waals surface area contributed by atoms with Gasteiger partial charge in [-0.25, -0.2) is 4.79 Å². The Balaban J connectivity index is 1.87. The third kappa shape index (κ3) is 2.92. The van der Waals surface area contributed by atoms with E-state index in [9.17, 15) is 9.59 Å². The molecule has 1 unspecified atom stereocenters. The maximum atomic E-state index is 13.0. The molecular formula is C20H21NO3. The normalized spacial score (nSPS) is 14.2. The monoisotopic (exact) mass is 323 g/mol. The summed E-state index contributed by atoms with van der Waals surface area (Å²) in [5.74, 6) is -0.371. The lowest BCUT2D eigenvalue weighted by Crippen LogP contribution is -2.33. The molecule has 0 spiro atoms. The number of hydrogen-bond donors (Lipinski definition) is 0. The first kappa shape index (κ1) is 16.2. The maximum Gasteiger partial charge on any atom is 0.337 e. The first-order chi connectivity index (χ1) is 11.7. The number of rotatable bonds is 4. The van der Waals surface area contributed by atoms with E-state index >= 15 is 0 Å². The Hall–Kier alpha value is -2.62. The Labute approximate surface area is 142 Å². The highest BCUT2D eigenvalue weighted by atomic mass is 16.5. The van der Waals surface area contributed by atoms with Crippen molar-refractivity contribution in [2.24, 2.45) is 0 Å². The molecule has 2 aromatic rings. The maximum absolute atomic E-state index is 13.0. The first-order valence-corrected chi connectivity index (χ1v) is 8.23. The molecule has 0 bridgehead atoms. The number of anilines is 1. The van der Waals surface area contributed by atoms with Crippen LogP contribution < -0.4 is 4.90 Å². The predicted molar refractivity (Wildman–Crippen MR) is 93.3 cm³/mol. The minimum Gasteiger partial charge on any atom is -0.465 e. The zero-order chi connectivity index (χ0) is 17.1. The minimum atomic E-state index is -0.349. The predicted octanol–water partition coefficient (Wildman–Crippen LogP) is 3.56. The number of carbonyl (C=O) groups excluding carboxylic acids is 2. The molecule has 24 heavy (non-hydrogen) atoms. The lowest BCUT2D eigenvalue weighted by molar-refractivity contribution is -0.120. The van der Waals surface area contributed by atoms with Gasteiger partial charge in [-0.2, -0.15) is 0 Å². The van der Waals surface area contributed by atoms with Crippen molar-refractivity contribution in [3.63, 3.8) is 0 Å². The van der Waals surface area contributed by atoms with Crippen LogP contribution in [0.1, 0.15) is 40.7 Å². The van der Waals surface area contributed by atoms with Crippen LogP contribution in [-0.4, -0.2) is 25.5 Å². The van der Waals surface area contributed by atoms with E-state index < -0.39 is 0 Å². The van der Waals surface area contributed by atoms with Gasteiger partial charge in [-0.05, 0) is 42.2 Å². The highest BCUT2D eigenvalue weighted by Gasteiger charge is 2.30. The van der Waals surface area contributed by atoms with Gasteiger partial charge in [0.2, 0.25) is 5.91 Å². The molecule has 2 aromatic carbocycles. The number of carbonyl (C=O) groups is 2. The Kier molecular flexibility index (Phi) is 4.65. The quantitative estimate of drug-likeness (QED) is 0.808. The fourth-order valence-corrected chi connectivity index (χ4v) is 3.30. The molecule has 1 heterocycles. The second-order valence-corrected chi connectivity index (χ2v) is 5.95. The zero-order valence-electron chi connectivity index (χ0n) is 14.0. The van der Waals surface area contributed by atoms with Gasteiger partial charge in [0.1, 0.15) is 0 Å². The highest BCUT2D eigenvalue weighted by molar-refractivity contribution is 6.00. The minimum absolute atomic E-state index is 0.119. The van der Waals surface area contributed by atoms with Gasteiger partial charge >= 0.3 is 5.97 Å². The number of benzene rings is 2. The number of fused-ring (bicyclic) bond motifs is 1. The average Bonchev–Trinajstić information content (AvgIpc) is 3.05. The van der Waals surface area contributed by atoms with Crippen molar-refractivity contribution in [3.8, 4) is 0 Å². The third-order valence-electron chi connectivity index (χ3n) is 4.57. The fraction of sp³-hybridized carbons (Fsp3) is 0.300. The first-order valence-electron chi connectivity index (χ1n) is 8.23. The van der Waals surface area contributed by atoms with E-state index in [1.54, 1.807) is 6.07 Å². The fourth-order valence-electron chi connectivity index (χ4n) is 3.30. The molecule has 1 aliphatic heterocycles. The molecule has 0 N–H and O–H groups in total. The smallest absolute Gasteiger partial charge is 0.337 e. The molecule has 3 rings (SSSR count). The standard InChI is InChI=1S/C20H21NO3/c1-3-17(14-7-5-4-6-8-14)19(22)21-12-11-15-13-16(20(23)24-2)9-10-18(15)21/h4-10,13,17H,3,11-12H2,1-2H3. The molecule has 0 saturated carbocycles. The summed E-state index contributed by atoms with van der Waals surface area (Å²) < 4.78 is 4.76. The van der Waals surface area contributed by atoms with E-state index in [4.69, 9.17) is 4.74 Å². The summed E-state index contributed by atoms with van der Waals surface area (Å²) in [6.07, 6.45) is 1.52. The summed E-state index contributed by atoms with van der Waals surface area (Å²) >= 11 is 0. The number of ether oxygens (including phenoxy) is 1. The van der Waals surface area contributed by atoms with Gasteiger partial charge in [0, 0.05) is 12.2 Å². The SMILES string of the molecule is CCC(C(=O)N1CCc2cc(C(=O)OC)ccc21)c1ccccc1. The molecule has 4 heteroatoms. The second-order valence-electron chi connectivity index (χ2n) is 5.95. The number of amides is 1. The Morgan fingerprint density at radius 2 is 1.92 bits per heavy atom. The average molecular weight is 323 g/mol. The van der Waals surface area contributed by atoms with Crippen molar-refractivity contribution in [3.05, 3.63) is 65.2 Å². The summed E-state index contributed by atoms with van der Waals surface area (Å²) in [6, 6.07) is 15.3. The summed E-state index contributed by atoms with van der Waals surface area (Å²) in [7, 11) is 1.37. The van der Waals surface area contributed by atoms with Crippen LogP contribution in [0.3, 0.4) is 0 Å². The van der Waals surface area contributed by atoms with Gasteiger partial charge in [-0.1, -0.05) is 37.3 Å². The van der Waals surface area contributed by atoms with Gasteiger partial charge in [0.05, 0.1) is 18.6 Å². The largest absolute Gasteiger partial charge is 0.465 e. The van der Waals surface area contributed by atoms with E-state index in [2.05, 4.69) is 0 Å². The third-order valence-corrected chi connectivity index (χ3v) is 4.57. The lowest BCUT2D eigenvalue weighted by atomic mass is 9.95. The highest BCUT2D eigenvalue weighted by Crippen LogP contribution is 2.33. The molecule has 4 nitrogen and oxygen atoms in total. The van der Waals surface area contributed by atoms with Crippen LogP contribution in [0, 0.1) is 0 Å². The van der Waals surface area contributed by atoms with Gasteiger partial charge in [-0.15, -0.1) is 0 Å². The molecule has 0 fully saturated rings. The van der Waals surface area contributed by atoms with Crippen molar-refractivity contribution in [2.45, 2.75) is 25.7 Å². The summed E-state index contributed by atoms with van der Waals surface area (Å²) in [5, 5.41) is 0. The zero-order valence-corrected chi connectivity index (χ0v) is 14.0. The van der Waals surface area contributed by atoms with Crippen molar-refractivity contribution in [1.29, 1.82) is 0 Å². The molecular weight excluding hydrogens is 302 g/mol. The second kappa shape index (κ2) is 6.87. The van der Waals surface area contributed by atoms with Crippen LogP contribution in [0.5, 0.6) is 0 Å². The van der Waals surface area contributed by atoms with E-state index in [1.165, 1.54) is 7.11 Å². The van der Waals surface area contributed by atoms with Crippen molar-refractivity contribution in [1.82, 2.24) is 0 Å². The van der Waals surface area contributed by atoms with Crippen LogP contribution in [0.4, 0.5) is 5.69 Å². The number of nitrogens with zero attached hydrogens (tertiary/aromatic N) is 1. The van der Waals surface area contributed by atoms with E-state index in [1.807, 2.05) is 54.3 Å². The van der Waals surface area contributed by atoms with Crippen LogP contribution in [-0.2, 0) is 16.0 Å². The van der Waals surface area contributed by atoms with Gasteiger partial charge in [0.15, 0.2) is 0 Å². The van der Waals surface area contributed by atoms with E-state index in [0.717, 1.165) is 29.7 Å². The van der Waals surface area contributed by atoms with E-state index in [-0.39, 0.29) is 17.8 Å². The Morgan fingerprint density at radius 1 is 1.17 bits per heavy atom. The van der Waals surface area contributed by atoms with Crippen molar-refractivity contribution >= 4 is 17.6 Å². The molecule has 0 aliphatic carbocycles. The van der Waals surface area contributed by atoms with Gasteiger partial charge in [0.25, 0.3) is 0 Å². The summed E-state index contributed by atoms with van der Waals surface area (Å²) in [4.78, 5) is 26.6. The Bertz CT molecular complexity index is 755. The lowest BCUT2D eigenvalue weighted by Gasteiger charge is -2.23. The molecule has 1 aliphatic rings. The Morgan fingerprint density at radius 3 is 2.58 bits per heavy atom. The van der Waals surface area contributed by atoms with Crippen LogP contribution in [0.15, 0.2) is 48.5 Å². The summed E-state index contributed by atoms with van der Waals surface area (Å²) in [5.41, 5.74) is 3.50. The molecule has 0 saturated heterocycles.